The van der Waals surface area contributed by atoms with E-state index in [1.165, 1.54) is 12.8 Å². The minimum Gasteiger partial charge on any atom is -0.444 e. The summed E-state index contributed by atoms with van der Waals surface area (Å²) < 4.78 is 5.57. The number of amides is 1. The predicted molar refractivity (Wildman–Crippen MR) is 79.2 cm³/mol. The van der Waals surface area contributed by atoms with Gasteiger partial charge in [-0.25, -0.2) is 4.79 Å². The Morgan fingerprint density at radius 3 is 2.47 bits per heavy atom. The third-order valence-electron chi connectivity index (χ3n) is 3.71. The van der Waals surface area contributed by atoms with E-state index >= 15 is 0 Å². The van der Waals surface area contributed by atoms with Gasteiger partial charge in [-0.15, -0.1) is 0 Å². The van der Waals surface area contributed by atoms with Crippen molar-refractivity contribution in [3.63, 3.8) is 0 Å². The van der Waals surface area contributed by atoms with E-state index in [1.807, 2.05) is 25.7 Å². The molecule has 0 spiro atoms. The van der Waals surface area contributed by atoms with Crippen molar-refractivity contribution in [3.05, 3.63) is 0 Å². The Morgan fingerprint density at radius 2 is 1.95 bits per heavy atom. The Bertz CT molecular complexity index is 294. The number of hydrogen-bond acceptors (Lipinski definition) is 2. The third-order valence-corrected chi connectivity index (χ3v) is 3.71. The largest absolute Gasteiger partial charge is 0.444 e. The highest BCUT2D eigenvalue weighted by molar-refractivity contribution is 5.69. The van der Waals surface area contributed by atoms with E-state index in [2.05, 4.69) is 20.8 Å². The molecule has 1 aliphatic rings. The van der Waals surface area contributed by atoms with Gasteiger partial charge in [0.15, 0.2) is 0 Å². The van der Waals surface area contributed by atoms with Crippen LogP contribution in [0.3, 0.4) is 0 Å². The molecule has 0 N–H and O–H groups in total. The minimum absolute atomic E-state index is 0.131. The first-order valence-corrected chi connectivity index (χ1v) is 7.72. The molecular formula is C16H31NO2. The van der Waals surface area contributed by atoms with Gasteiger partial charge < -0.3 is 9.64 Å². The van der Waals surface area contributed by atoms with Crippen LogP contribution in [0.1, 0.15) is 73.6 Å². The third kappa shape index (κ3) is 5.42. The molecule has 0 unspecified atom stereocenters. The molecule has 2 atom stereocenters. The summed E-state index contributed by atoms with van der Waals surface area (Å²) in [7, 11) is 0. The van der Waals surface area contributed by atoms with E-state index in [0.29, 0.717) is 18.0 Å². The summed E-state index contributed by atoms with van der Waals surface area (Å²) in [6.07, 6.45) is 5.59. The Balaban J connectivity index is 2.69. The molecule has 0 saturated carbocycles. The number of likely N-dealkylation sites (tertiary alicyclic amines) is 1. The minimum atomic E-state index is -0.406. The fourth-order valence-corrected chi connectivity index (χ4v) is 2.74. The van der Waals surface area contributed by atoms with Crippen LogP contribution in [-0.4, -0.2) is 28.7 Å². The number of carbonyl (C=O) groups excluding carboxylic acids is 1. The van der Waals surface area contributed by atoms with Gasteiger partial charge in [-0.3, -0.25) is 0 Å². The molecule has 112 valence electrons. The molecule has 0 aliphatic carbocycles. The van der Waals surface area contributed by atoms with E-state index < -0.39 is 5.60 Å². The topological polar surface area (TPSA) is 29.5 Å². The number of rotatable bonds is 3. The smallest absolute Gasteiger partial charge is 0.410 e. The average Bonchev–Trinajstić information content (AvgIpc) is 2.23. The summed E-state index contributed by atoms with van der Waals surface area (Å²) in [5.41, 5.74) is -0.406. The number of piperidine rings is 1. The van der Waals surface area contributed by atoms with Crippen molar-refractivity contribution in [1.82, 2.24) is 4.90 Å². The van der Waals surface area contributed by atoms with Crippen LogP contribution in [0.25, 0.3) is 0 Å². The van der Waals surface area contributed by atoms with Gasteiger partial charge in [0.05, 0.1) is 0 Å². The van der Waals surface area contributed by atoms with Crippen molar-refractivity contribution >= 4 is 6.09 Å². The summed E-state index contributed by atoms with van der Waals surface area (Å²) >= 11 is 0. The molecule has 1 rings (SSSR count). The Labute approximate surface area is 118 Å². The molecular weight excluding hydrogens is 238 g/mol. The number of nitrogens with zero attached hydrogens (tertiary/aromatic N) is 1. The van der Waals surface area contributed by atoms with E-state index in [9.17, 15) is 4.79 Å². The monoisotopic (exact) mass is 269 g/mol. The highest BCUT2D eigenvalue weighted by atomic mass is 16.6. The molecule has 0 aromatic rings. The van der Waals surface area contributed by atoms with Gasteiger partial charge in [-0.05, 0) is 65.7 Å². The van der Waals surface area contributed by atoms with Gasteiger partial charge in [-0.1, -0.05) is 13.8 Å². The first-order valence-electron chi connectivity index (χ1n) is 7.72. The Kier molecular flexibility index (Phi) is 5.69. The average molecular weight is 269 g/mol. The molecule has 3 heteroatoms. The predicted octanol–water partition coefficient (Wildman–Crippen LogP) is 4.60. The lowest BCUT2D eigenvalue weighted by atomic mass is 9.92. The maximum atomic E-state index is 12.4. The molecule has 19 heavy (non-hydrogen) atoms. The fourth-order valence-electron chi connectivity index (χ4n) is 2.74. The van der Waals surface area contributed by atoms with E-state index in [-0.39, 0.29) is 6.09 Å². The standard InChI is InChI=1S/C16H31NO2/c1-12(2)10-11-14-9-7-8-13(3)17(14)15(18)19-16(4,5)6/h12-14H,7-11H2,1-6H3/t13-,14+/m0/s1. The SMILES string of the molecule is CC(C)CC[C@H]1CCC[C@H](C)N1C(=O)OC(C)(C)C. The number of hydrogen-bond donors (Lipinski definition) is 0. The summed E-state index contributed by atoms with van der Waals surface area (Å²) in [5.74, 6) is 0.692. The summed E-state index contributed by atoms with van der Waals surface area (Å²) in [6.45, 7) is 12.4. The molecule has 1 fully saturated rings. The van der Waals surface area contributed by atoms with Crippen LogP contribution in [0.2, 0.25) is 0 Å². The molecule has 0 aromatic heterocycles. The summed E-state index contributed by atoms with van der Waals surface area (Å²) in [4.78, 5) is 14.4. The molecule has 0 aromatic carbocycles. The van der Waals surface area contributed by atoms with Crippen molar-refractivity contribution in [2.75, 3.05) is 0 Å². The molecule has 3 nitrogen and oxygen atoms in total. The van der Waals surface area contributed by atoms with Gasteiger partial charge in [0.1, 0.15) is 5.60 Å². The fraction of sp³-hybridized carbons (Fsp3) is 0.938. The van der Waals surface area contributed by atoms with Crippen LogP contribution >= 0.6 is 0 Å². The van der Waals surface area contributed by atoms with Gasteiger partial charge in [-0.2, -0.15) is 0 Å². The quantitative estimate of drug-likeness (QED) is 0.749. The van der Waals surface area contributed by atoms with E-state index in [0.717, 1.165) is 19.3 Å². The second-order valence-corrected chi connectivity index (χ2v) is 7.29. The van der Waals surface area contributed by atoms with Crippen molar-refractivity contribution in [3.8, 4) is 0 Å². The zero-order chi connectivity index (χ0) is 14.6. The van der Waals surface area contributed by atoms with Crippen molar-refractivity contribution in [2.24, 2.45) is 5.92 Å². The maximum Gasteiger partial charge on any atom is 0.410 e. The van der Waals surface area contributed by atoms with Crippen molar-refractivity contribution in [1.29, 1.82) is 0 Å². The highest BCUT2D eigenvalue weighted by Gasteiger charge is 2.34. The lowest BCUT2D eigenvalue weighted by Crippen LogP contribution is -2.50. The first-order chi connectivity index (χ1) is 8.70. The molecule has 0 radical (unpaired) electrons. The maximum absolute atomic E-state index is 12.4. The second-order valence-electron chi connectivity index (χ2n) is 7.29. The molecule has 0 bridgehead atoms. The Hall–Kier alpha value is -0.730. The molecule has 1 saturated heterocycles. The van der Waals surface area contributed by atoms with Crippen molar-refractivity contribution in [2.45, 2.75) is 91.3 Å². The highest BCUT2D eigenvalue weighted by Crippen LogP contribution is 2.28. The van der Waals surface area contributed by atoms with Crippen LogP contribution in [0.4, 0.5) is 4.79 Å². The van der Waals surface area contributed by atoms with E-state index in [1.54, 1.807) is 0 Å². The summed E-state index contributed by atoms with van der Waals surface area (Å²) in [5, 5.41) is 0. The lowest BCUT2D eigenvalue weighted by Gasteiger charge is -2.41. The van der Waals surface area contributed by atoms with Gasteiger partial charge in [0, 0.05) is 12.1 Å². The van der Waals surface area contributed by atoms with Crippen LogP contribution in [0.5, 0.6) is 0 Å². The van der Waals surface area contributed by atoms with E-state index in [4.69, 9.17) is 4.74 Å². The zero-order valence-electron chi connectivity index (χ0n) is 13.5. The first kappa shape index (κ1) is 16.3. The van der Waals surface area contributed by atoms with Crippen molar-refractivity contribution < 1.29 is 9.53 Å². The molecule has 1 aliphatic heterocycles. The molecule has 1 amide bonds. The van der Waals surface area contributed by atoms with Crippen LogP contribution < -0.4 is 0 Å². The molecule has 1 heterocycles. The summed E-state index contributed by atoms with van der Waals surface area (Å²) in [6, 6.07) is 0.668. The second kappa shape index (κ2) is 6.62. The van der Waals surface area contributed by atoms with Crippen LogP contribution in [-0.2, 0) is 4.74 Å². The Morgan fingerprint density at radius 1 is 1.32 bits per heavy atom. The normalized spacial score (nSPS) is 24.7. The van der Waals surface area contributed by atoms with Crippen LogP contribution in [0.15, 0.2) is 0 Å². The van der Waals surface area contributed by atoms with Gasteiger partial charge >= 0.3 is 6.09 Å². The zero-order valence-corrected chi connectivity index (χ0v) is 13.5. The van der Waals surface area contributed by atoms with Crippen LogP contribution in [0, 0.1) is 5.92 Å². The number of carbonyl (C=O) groups is 1. The van der Waals surface area contributed by atoms with Gasteiger partial charge in [0.2, 0.25) is 0 Å². The lowest BCUT2D eigenvalue weighted by molar-refractivity contribution is -0.00467. The number of ether oxygens (including phenoxy) is 1. The van der Waals surface area contributed by atoms with Gasteiger partial charge in [0.25, 0.3) is 0 Å².